The predicted molar refractivity (Wildman–Crippen MR) is 123 cm³/mol. The average Bonchev–Trinajstić information content (AvgIpc) is 2.96. The van der Waals surface area contributed by atoms with Crippen molar-refractivity contribution in [2.75, 3.05) is 31.1 Å². The number of hydrogen-bond acceptors (Lipinski definition) is 4. The van der Waals surface area contributed by atoms with Crippen molar-refractivity contribution in [3.8, 4) is 0 Å². The SMILES string of the molecule is O=S(=O)(c1ccccc1)N1CCN2Cc3ccccc3N(Cc3ccccc3)CC2C1. The number of rotatable bonds is 4. The fourth-order valence-electron chi connectivity index (χ4n) is 4.68. The number of piperazine rings is 1. The van der Waals surface area contributed by atoms with Crippen LogP contribution in [0.3, 0.4) is 0 Å². The van der Waals surface area contributed by atoms with Gasteiger partial charge in [0.25, 0.3) is 0 Å². The first-order valence-corrected chi connectivity index (χ1v) is 12.2. The average molecular weight is 434 g/mol. The third kappa shape index (κ3) is 4.11. The number of anilines is 1. The summed E-state index contributed by atoms with van der Waals surface area (Å²) in [6.07, 6.45) is 0. The zero-order valence-corrected chi connectivity index (χ0v) is 18.3. The van der Waals surface area contributed by atoms with Gasteiger partial charge in [-0.25, -0.2) is 8.42 Å². The predicted octanol–water partition coefficient (Wildman–Crippen LogP) is 3.58. The summed E-state index contributed by atoms with van der Waals surface area (Å²) in [5.41, 5.74) is 3.81. The van der Waals surface area contributed by atoms with E-state index < -0.39 is 10.0 Å². The molecule has 6 heteroatoms. The van der Waals surface area contributed by atoms with E-state index in [4.69, 9.17) is 0 Å². The molecule has 0 saturated carbocycles. The zero-order chi connectivity index (χ0) is 21.3. The molecule has 1 unspecified atom stereocenters. The summed E-state index contributed by atoms with van der Waals surface area (Å²) in [6.45, 7) is 4.24. The van der Waals surface area contributed by atoms with Gasteiger partial charge in [-0.15, -0.1) is 0 Å². The van der Waals surface area contributed by atoms with Gasteiger partial charge in [-0.3, -0.25) is 4.90 Å². The maximum atomic E-state index is 13.2. The fraction of sp³-hybridized carbons (Fsp3) is 0.280. The van der Waals surface area contributed by atoms with Gasteiger partial charge in [0.2, 0.25) is 10.0 Å². The van der Waals surface area contributed by atoms with Crippen LogP contribution < -0.4 is 4.90 Å². The smallest absolute Gasteiger partial charge is 0.243 e. The summed E-state index contributed by atoms with van der Waals surface area (Å²) in [7, 11) is -3.48. The molecule has 0 aliphatic carbocycles. The van der Waals surface area contributed by atoms with Crippen molar-refractivity contribution < 1.29 is 8.42 Å². The summed E-state index contributed by atoms with van der Waals surface area (Å²) < 4.78 is 28.1. The molecule has 0 amide bonds. The molecule has 2 heterocycles. The van der Waals surface area contributed by atoms with Gasteiger partial charge >= 0.3 is 0 Å². The molecule has 1 atom stereocenters. The molecule has 0 spiro atoms. The Morgan fingerprint density at radius 1 is 0.774 bits per heavy atom. The van der Waals surface area contributed by atoms with Gasteiger partial charge in [0.15, 0.2) is 0 Å². The van der Waals surface area contributed by atoms with E-state index >= 15 is 0 Å². The van der Waals surface area contributed by atoms with E-state index in [1.807, 2.05) is 12.1 Å². The molecule has 5 rings (SSSR count). The molecule has 1 fully saturated rings. The molecule has 3 aromatic carbocycles. The molecule has 2 aliphatic rings. The number of nitrogens with zero attached hydrogens (tertiary/aromatic N) is 3. The second-order valence-electron chi connectivity index (χ2n) is 8.30. The van der Waals surface area contributed by atoms with E-state index in [0.29, 0.717) is 18.0 Å². The molecule has 0 N–H and O–H groups in total. The van der Waals surface area contributed by atoms with Crippen LogP contribution in [0.4, 0.5) is 5.69 Å². The van der Waals surface area contributed by atoms with Crippen LogP contribution in [0, 0.1) is 0 Å². The fourth-order valence-corrected chi connectivity index (χ4v) is 6.17. The molecule has 0 radical (unpaired) electrons. The lowest BCUT2D eigenvalue weighted by atomic mass is 10.1. The molecule has 31 heavy (non-hydrogen) atoms. The highest BCUT2D eigenvalue weighted by Gasteiger charge is 2.37. The highest BCUT2D eigenvalue weighted by molar-refractivity contribution is 7.89. The van der Waals surface area contributed by atoms with Gasteiger partial charge < -0.3 is 4.90 Å². The quantitative estimate of drug-likeness (QED) is 0.631. The number of benzene rings is 3. The molecule has 1 saturated heterocycles. The molecule has 0 bridgehead atoms. The molecule has 5 nitrogen and oxygen atoms in total. The third-order valence-corrected chi connectivity index (χ3v) is 8.18. The van der Waals surface area contributed by atoms with Crippen LogP contribution in [-0.4, -0.2) is 49.8 Å². The Labute approximate surface area is 184 Å². The van der Waals surface area contributed by atoms with Crippen molar-refractivity contribution in [2.24, 2.45) is 0 Å². The topological polar surface area (TPSA) is 43.9 Å². The van der Waals surface area contributed by atoms with Crippen LogP contribution in [-0.2, 0) is 23.1 Å². The first kappa shape index (κ1) is 20.2. The lowest BCUT2D eigenvalue weighted by molar-refractivity contribution is 0.117. The summed E-state index contributed by atoms with van der Waals surface area (Å²) in [5.74, 6) is 0. The monoisotopic (exact) mass is 433 g/mol. The van der Waals surface area contributed by atoms with Gasteiger partial charge in [0.05, 0.1) is 4.90 Å². The van der Waals surface area contributed by atoms with Gasteiger partial charge in [-0.05, 0) is 29.3 Å². The minimum absolute atomic E-state index is 0.142. The van der Waals surface area contributed by atoms with E-state index in [2.05, 4.69) is 58.3 Å². The molecular formula is C25H27N3O2S. The van der Waals surface area contributed by atoms with Gasteiger partial charge in [-0.2, -0.15) is 4.31 Å². The number of hydrogen-bond donors (Lipinski definition) is 0. The Hall–Kier alpha value is -2.67. The van der Waals surface area contributed by atoms with Crippen molar-refractivity contribution in [3.05, 3.63) is 96.1 Å². The van der Waals surface area contributed by atoms with E-state index in [-0.39, 0.29) is 6.04 Å². The summed E-state index contributed by atoms with van der Waals surface area (Å²) in [4.78, 5) is 5.23. The van der Waals surface area contributed by atoms with Crippen LogP contribution in [0.1, 0.15) is 11.1 Å². The van der Waals surface area contributed by atoms with Crippen molar-refractivity contribution in [3.63, 3.8) is 0 Å². The molecule has 160 valence electrons. The zero-order valence-electron chi connectivity index (χ0n) is 17.5. The van der Waals surface area contributed by atoms with Crippen LogP contribution in [0.2, 0.25) is 0 Å². The molecule has 0 aromatic heterocycles. The number of sulfonamides is 1. The maximum Gasteiger partial charge on any atom is 0.243 e. The lowest BCUT2D eigenvalue weighted by Gasteiger charge is -2.41. The second-order valence-corrected chi connectivity index (χ2v) is 10.2. The minimum Gasteiger partial charge on any atom is -0.365 e. The largest absolute Gasteiger partial charge is 0.365 e. The summed E-state index contributed by atoms with van der Waals surface area (Å²) >= 11 is 0. The maximum absolute atomic E-state index is 13.2. The Bertz CT molecular complexity index is 1140. The number of para-hydroxylation sites is 1. The van der Waals surface area contributed by atoms with Crippen molar-refractivity contribution >= 4 is 15.7 Å². The summed E-state index contributed by atoms with van der Waals surface area (Å²) in [6, 6.07) is 28.0. The minimum atomic E-state index is -3.48. The third-order valence-electron chi connectivity index (χ3n) is 6.30. The molecular weight excluding hydrogens is 406 g/mol. The first-order chi connectivity index (χ1) is 15.1. The van der Waals surface area contributed by atoms with E-state index in [0.717, 1.165) is 26.2 Å². The van der Waals surface area contributed by atoms with Gasteiger partial charge in [0.1, 0.15) is 0 Å². The van der Waals surface area contributed by atoms with Crippen molar-refractivity contribution in [2.45, 2.75) is 24.0 Å². The van der Waals surface area contributed by atoms with E-state index in [1.165, 1.54) is 16.8 Å². The Balaban J connectivity index is 1.43. The van der Waals surface area contributed by atoms with E-state index in [9.17, 15) is 8.42 Å². The highest BCUT2D eigenvalue weighted by atomic mass is 32.2. The second kappa shape index (κ2) is 8.46. The summed E-state index contributed by atoms with van der Waals surface area (Å²) in [5, 5.41) is 0. The Kier molecular flexibility index (Phi) is 5.52. The molecule has 2 aliphatic heterocycles. The molecule has 3 aromatic rings. The lowest BCUT2D eigenvalue weighted by Crippen LogP contribution is -2.56. The van der Waals surface area contributed by atoms with Crippen molar-refractivity contribution in [1.29, 1.82) is 0 Å². The van der Waals surface area contributed by atoms with Crippen LogP contribution in [0.5, 0.6) is 0 Å². The van der Waals surface area contributed by atoms with Crippen LogP contribution >= 0.6 is 0 Å². The standard InChI is InChI=1S/C25H27N3O2S/c29-31(30,24-12-5-2-6-13-24)28-16-15-26-18-22-11-7-8-14-25(22)27(19-23(26)20-28)17-21-9-3-1-4-10-21/h1-14,23H,15-20H2. The van der Waals surface area contributed by atoms with Crippen LogP contribution in [0.15, 0.2) is 89.8 Å². The van der Waals surface area contributed by atoms with Gasteiger partial charge in [0, 0.05) is 51.0 Å². The highest BCUT2D eigenvalue weighted by Crippen LogP contribution is 2.31. The van der Waals surface area contributed by atoms with Crippen LogP contribution in [0.25, 0.3) is 0 Å². The van der Waals surface area contributed by atoms with Crippen molar-refractivity contribution in [1.82, 2.24) is 9.21 Å². The first-order valence-electron chi connectivity index (χ1n) is 10.8. The van der Waals surface area contributed by atoms with Gasteiger partial charge in [-0.1, -0.05) is 66.7 Å². The number of fused-ring (bicyclic) bond motifs is 2. The van der Waals surface area contributed by atoms with E-state index in [1.54, 1.807) is 28.6 Å². The Morgan fingerprint density at radius 3 is 2.23 bits per heavy atom. The Morgan fingerprint density at radius 2 is 1.45 bits per heavy atom. The normalized spacial score (nSPS) is 20.0.